The van der Waals surface area contributed by atoms with E-state index in [1.54, 1.807) is 25.5 Å². The lowest BCUT2D eigenvalue weighted by molar-refractivity contribution is 0.0948. The summed E-state index contributed by atoms with van der Waals surface area (Å²) in [5.41, 5.74) is 1.37. The number of rotatable bonds is 6. The van der Waals surface area contributed by atoms with Crippen LogP contribution in [0, 0.1) is 0 Å². The third kappa shape index (κ3) is 4.00. The van der Waals surface area contributed by atoms with Gasteiger partial charge in [-0.2, -0.15) is 0 Å². The predicted octanol–water partition coefficient (Wildman–Crippen LogP) is 1.19. The molecule has 0 aliphatic rings. The van der Waals surface area contributed by atoms with Gasteiger partial charge in [0.25, 0.3) is 5.91 Å². The van der Waals surface area contributed by atoms with Crippen molar-refractivity contribution in [2.45, 2.75) is 19.9 Å². The first-order valence-electron chi connectivity index (χ1n) is 6.16. The third-order valence-corrected chi connectivity index (χ3v) is 2.97. The topological polar surface area (TPSA) is 57.3 Å². The summed E-state index contributed by atoms with van der Waals surface area (Å²) in [6, 6.07) is 2.27. The van der Waals surface area contributed by atoms with E-state index in [0.29, 0.717) is 18.2 Å². The van der Waals surface area contributed by atoms with E-state index in [1.807, 2.05) is 7.05 Å². The molecule has 2 N–H and O–H groups in total. The van der Waals surface area contributed by atoms with Crippen molar-refractivity contribution in [1.29, 1.82) is 0 Å². The Bertz CT molecular complexity index is 392. The van der Waals surface area contributed by atoms with E-state index in [1.165, 1.54) is 0 Å². The standard InChI is InChI=1S/C13H22N4O/c1-10(2)17(4)8-7-16-13(18)11-9-15-6-5-12(11)14-3/h5-6,9-10H,7-8H2,1-4H3,(H,14,15)(H,16,18). The molecule has 0 bridgehead atoms. The fourth-order valence-electron chi connectivity index (χ4n) is 1.49. The Hall–Kier alpha value is -1.62. The first-order valence-corrected chi connectivity index (χ1v) is 6.16. The molecule has 5 nitrogen and oxygen atoms in total. The molecule has 0 aliphatic heterocycles. The lowest BCUT2D eigenvalue weighted by Gasteiger charge is -2.21. The monoisotopic (exact) mass is 250 g/mol. The number of anilines is 1. The average molecular weight is 250 g/mol. The van der Waals surface area contributed by atoms with Crippen LogP contribution in [-0.2, 0) is 0 Å². The Kier molecular flexibility index (Phi) is 5.58. The van der Waals surface area contributed by atoms with Crippen LogP contribution in [0.25, 0.3) is 0 Å². The summed E-state index contributed by atoms with van der Waals surface area (Å²) < 4.78 is 0. The molecule has 18 heavy (non-hydrogen) atoms. The average Bonchev–Trinajstić information content (AvgIpc) is 2.38. The van der Waals surface area contributed by atoms with Crippen LogP contribution < -0.4 is 10.6 Å². The molecular weight excluding hydrogens is 228 g/mol. The Morgan fingerprint density at radius 2 is 2.22 bits per heavy atom. The summed E-state index contributed by atoms with van der Waals surface area (Å²) in [6.07, 6.45) is 3.24. The molecule has 0 fully saturated rings. The zero-order valence-electron chi connectivity index (χ0n) is 11.5. The quantitative estimate of drug-likeness (QED) is 0.796. The van der Waals surface area contributed by atoms with E-state index in [-0.39, 0.29) is 5.91 Å². The Morgan fingerprint density at radius 3 is 2.83 bits per heavy atom. The molecule has 1 amide bonds. The number of amides is 1. The van der Waals surface area contributed by atoms with Gasteiger partial charge in [-0.25, -0.2) is 0 Å². The maximum Gasteiger partial charge on any atom is 0.254 e. The molecule has 0 atom stereocenters. The van der Waals surface area contributed by atoms with Crippen LogP contribution in [0.5, 0.6) is 0 Å². The molecule has 1 heterocycles. The van der Waals surface area contributed by atoms with Crippen molar-refractivity contribution in [1.82, 2.24) is 15.2 Å². The summed E-state index contributed by atoms with van der Waals surface area (Å²) in [5.74, 6) is -0.0930. The highest BCUT2D eigenvalue weighted by atomic mass is 16.1. The van der Waals surface area contributed by atoms with Gasteiger partial charge in [-0.05, 0) is 27.0 Å². The van der Waals surface area contributed by atoms with Crippen LogP contribution in [0.15, 0.2) is 18.5 Å². The molecule has 1 aromatic heterocycles. The van der Waals surface area contributed by atoms with Gasteiger partial charge in [0.15, 0.2) is 0 Å². The van der Waals surface area contributed by atoms with Gasteiger partial charge in [0.2, 0.25) is 0 Å². The SMILES string of the molecule is CNc1ccncc1C(=O)NCCN(C)C(C)C. The molecule has 0 radical (unpaired) electrons. The third-order valence-electron chi connectivity index (χ3n) is 2.97. The van der Waals surface area contributed by atoms with E-state index < -0.39 is 0 Å². The number of likely N-dealkylation sites (N-methyl/N-ethyl adjacent to an activating group) is 1. The van der Waals surface area contributed by atoms with Gasteiger partial charge in [-0.15, -0.1) is 0 Å². The van der Waals surface area contributed by atoms with Crippen molar-refractivity contribution < 1.29 is 4.79 Å². The molecule has 0 spiro atoms. The van der Waals surface area contributed by atoms with Crippen molar-refractivity contribution in [3.05, 3.63) is 24.0 Å². The van der Waals surface area contributed by atoms with Crippen LogP contribution in [0.4, 0.5) is 5.69 Å². The van der Waals surface area contributed by atoms with Gasteiger partial charge in [0, 0.05) is 44.3 Å². The van der Waals surface area contributed by atoms with Crippen LogP contribution in [0.2, 0.25) is 0 Å². The van der Waals surface area contributed by atoms with Gasteiger partial charge in [0.05, 0.1) is 5.56 Å². The summed E-state index contributed by atoms with van der Waals surface area (Å²) in [6.45, 7) is 5.72. The fraction of sp³-hybridized carbons (Fsp3) is 0.538. The molecule has 1 rings (SSSR count). The van der Waals surface area contributed by atoms with E-state index in [4.69, 9.17) is 0 Å². The number of carbonyl (C=O) groups excluding carboxylic acids is 1. The van der Waals surface area contributed by atoms with Crippen molar-refractivity contribution in [2.75, 3.05) is 32.5 Å². The molecule has 0 aromatic carbocycles. The minimum atomic E-state index is -0.0930. The van der Waals surface area contributed by atoms with E-state index in [9.17, 15) is 4.79 Å². The number of aromatic nitrogens is 1. The number of hydrogen-bond acceptors (Lipinski definition) is 4. The minimum Gasteiger partial charge on any atom is -0.387 e. The molecule has 0 unspecified atom stereocenters. The molecule has 1 aromatic rings. The first kappa shape index (κ1) is 14.4. The molecule has 5 heteroatoms. The van der Waals surface area contributed by atoms with Gasteiger partial charge in [-0.3, -0.25) is 9.78 Å². The normalized spacial score (nSPS) is 10.8. The summed E-state index contributed by atoms with van der Waals surface area (Å²) in [4.78, 5) is 18.1. The van der Waals surface area contributed by atoms with Crippen LogP contribution in [0.3, 0.4) is 0 Å². The second kappa shape index (κ2) is 6.96. The first-order chi connectivity index (χ1) is 8.56. The largest absolute Gasteiger partial charge is 0.387 e. The Balaban J connectivity index is 2.50. The lowest BCUT2D eigenvalue weighted by atomic mass is 10.2. The molecule has 0 aliphatic carbocycles. The van der Waals surface area contributed by atoms with Crippen molar-refractivity contribution >= 4 is 11.6 Å². The minimum absolute atomic E-state index is 0.0930. The molecule has 0 saturated carbocycles. The second-order valence-corrected chi connectivity index (χ2v) is 4.50. The highest BCUT2D eigenvalue weighted by molar-refractivity contribution is 5.99. The summed E-state index contributed by atoms with van der Waals surface area (Å²) >= 11 is 0. The van der Waals surface area contributed by atoms with Crippen molar-refractivity contribution in [2.24, 2.45) is 0 Å². The molecule has 100 valence electrons. The summed E-state index contributed by atoms with van der Waals surface area (Å²) in [7, 11) is 3.83. The Morgan fingerprint density at radius 1 is 1.50 bits per heavy atom. The van der Waals surface area contributed by atoms with Gasteiger partial charge in [-0.1, -0.05) is 0 Å². The maximum absolute atomic E-state index is 12.0. The fourth-order valence-corrected chi connectivity index (χ4v) is 1.49. The van der Waals surface area contributed by atoms with Crippen LogP contribution >= 0.6 is 0 Å². The zero-order chi connectivity index (χ0) is 13.5. The highest BCUT2D eigenvalue weighted by Crippen LogP contribution is 2.11. The summed E-state index contributed by atoms with van der Waals surface area (Å²) in [5, 5.41) is 5.88. The van der Waals surface area contributed by atoms with Crippen molar-refractivity contribution in [3.63, 3.8) is 0 Å². The van der Waals surface area contributed by atoms with E-state index in [0.717, 1.165) is 12.2 Å². The Labute approximate surface area is 109 Å². The molecule has 0 saturated heterocycles. The number of carbonyl (C=O) groups is 1. The number of hydrogen-bond donors (Lipinski definition) is 2. The number of pyridine rings is 1. The van der Waals surface area contributed by atoms with E-state index in [2.05, 4.69) is 34.4 Å². The molecular formula is C13H22N4O. The predicted molar refractivity (Wildman–Crippen MR) is 73.9 cm³/mol. The van der Waals surface area contributed by atoms with Gasteiger partial charge >= 0.3 is 0 Å². The van der Waals surface area contributed by atoms with Crippen molar-refractivity contribution in [3.8, 4) is 0 Å². The van der Waals surface area contributed by atoms with Gasteiger partial charge < -0.3 is 15.5 Å². The number of nitrogens with one attached hydrogen (secondary N) is 2. The lowest BCUT2D eigenvalue weighted by Crippen LogP contribution is -2.36. The van der Waals surface area contributed by atoms with Crippen LogP contribution in [0.1, 0.15) is 24.2 Å². The number of nitrogens with zero attached hydrogens (tertiary/aromatic N) is 2. The maximum atomic E-state index is 12.0. The zero-order valence-corrected chi connectivity index (χ0v) is 11.5. The van der Waals surface area contributed by atoms with Gasteiger partial charge in [0.1, 0.15) is 0 Å². The van der Waals surface area contributed by atoms with Crippen LogP contribution in [-0.4, -0.2) is 49.0 Å². The highest BCUT2D eigenvalue weighted by Gasteiger charge is 2.10. The smallest absolute Gasteiger partial charge is 0.254 e. The van der Waals surface area contributed by atoms with E-state index >= 15 is 0 Å². The second-order valence-electron chi connectivity index (χ2n) is 4.50.